The number of hydrogen-bond donors (Lipinski definition) is 0. The topological polar surface area (TPSA) is 44.1 Å². The van der Waals surface area contributed by atoms with Crippen LogP contribution in [0.1, 0.15) is 5.56 Å². The van der Waals surface area contributed by atoms with Gasteiger partial charge in [0.25, 0.3) is 5.56 Å². The summed E-state index contributed by atoms with van der Waals surface area (Å²) < 4.78 is 6.23. The van der Waals surface area contributed by atoms with Gasteiger partial charge in [0.2, 0.25) is 0 Å². The normalized spacial score (nSPS) is 10.9. The van der Waals surface area contributed by atoms with Crippen LogP contribution in [-0.4, -0.2) is 16.9 Å². The third-order valence-electron chi connectivity index (χ3n) is 2.40. The zero-order chi connectivity index (χ0) is 13.8. The van der Waals surface area contributed by atoms with Gasteiger partial charge in [-0.15, -0.1) is 0 Å². The van der Waals surface area contributed by atoms with Crippen molar-refractivity contribution in [3.63, 3.8) is 0 Å². The summed E-state index contributed by atoms with van der Waals surface area (Å²) in [6, 6.07) is 7.39. The molecular weight excluding hydrogens is 287 g/mol. The predicted octanol–water partition coefficient (Wildman–Crippen LogP) is 3.19. The van der Waals surface area contributed by atoms with Crippen LogP contribution in [0.15, 0.2) is 35.3 Å². The van der Waals surface area contributed by atoms with Crippen LogP contribution in [0.25, 0.3) is 12.3 Å². The maximum absolute atomic E-state index is 11.7. The van der Waals surface area contributed by atoms with E-state index < -0.39 is 5.56 Å². The Labute approximate surface area is 119 Å². The van der Waals surface area contributed by atoms with Crippen LogP contribution in [0.4, 0.5) is 0 Å². The summed E-state index contributed by atoms with van der Waals surface area (Å²) in [6.45, 7) is 0. The second-order valence-electron chi connectivity index (χ2n) is 3.65. The lowest BCUT2D eigenvalue weighted by molar-refractivity contribution is 0.414. The fraction of sp³-hybridized carbons (Fsp3) is 0.0769. The number of nitrogens with zero attached hydrogens (tertiary/aromatic N) is 2. The summed E-state index contributed by atoms with van der Waals surface area (Å²) in [5, 5.41) is 3.95. The van der Waals surface area contributed by atoms with Gasteiger partial charge in [-0.1, -0.05) is 35.3 Å². The van der Waals surface area contributed by atoms with E-state index in [0.29, 0.717) is 0 Å². The summed E-state index contributed by atoms with van der Waals surface area (Å²) in [5.41, 5.74) is 0.410. The lowest BCUT2D eigenvalue weighted by atomic mass is 10.2. The summed E-state index contributed by atoms with van der Waals surface area (Å²) in [5.74, 6) is 0.733. The number of methoxy groups -OCH3 is 1. The van der Waals surface area contributed by atoms with Gasteiger partial charge in [-0.2, -0.15) is 5.10 Å². The molecule has 0 amide bonds. The average molecular weight is 297 g/mol. The first-order chi connectivity index (χ1) is 9.11. The molecule has 0 aliphatic carbocycles. The predicted molar refractivity (Wildman–Crippen MR) is 76.7 cm³/mol. The van der Waals surface area contributed by atoms with Gasteiger partial charge < -0.3 is 4.74 Å². The second-order valence-corrected chi connectivity index (χ2v) is 4.43. The maximum atomic E-state index is 11.7. The quantitative estimate of drug-likeness (QED) is 0.874. The van der Waals surface area contributed by atoms with E-state index in [9.17, 15) is 4.79 Å². The van der Waals surface area contributed by atoms with E-state index in [4.69, 9.17) is 27.9 Å². The fourth-order valence-electron chi connectivity index (χ4n) is 1.43. The Morgan fingerprint density at radius 2 is 2.16 bits per heavy atom. The molecule has 0 fully saturated rings. The van der Waals surface area contributed by atoms with Crippen molar-refractivity contribution in [1.82, 2.24) is 9.78 Å². The Morgan fingerprint density at radius 3 is 2.89 bits per heavy atom. The largest absolute Gasteiger partial charge is 0.497 e. The zero-order valence-corrected chi connectivity index (χ0v) is 11.5. The first-order valence-electron chi connectivity index (χ1n) is 5.37. The molecule has 4 nitrogen and oxygen atoms in total. The SMILES string of the molecule is COc1cccc(/C=C/n2ncc(Cl)c(Cl)c2=O)c1. The molecule has 6 heteroatoms. The van der Waals surface area contributed by atoms with Crippen molar-refractivity contribution in [3.8, 4) is 5.75 Å². The second kappa shape index (κ2) is 5.91. The van der Waals surface area contributed by atoms with Gasteiger partial charge in [0, 0.05) is 6.20 Å². The van der Waals surface area contributed by atoms with Crippen molar-refractivity contribution >= 4 is 35.5 Å². The highest BCUT2D eigenvalue weighted by Crippen LogP contribution is 2.16. The summed E-state index contributed by atoms with van der Waals surface area (Å²) in [6.07, 6.45) is 4.56. The molecule has 0 spiro atoms. The van der Waals surface area contributed by atoms with Crippen molar-refractivity contribution in [2.45, 2.75) is 0 Å². The minimum atomic E-state index is -0.465. The molecule has 2 aromatic rings. The highest BCUT2D eigenvalue weighted by atomic mass is 35.5. The molecule has 0 N–H and O–H groups in total. The molecular formula is C13H10Cl2N2O2. The Balaban J connectivity index is 2.33. The molecule has 1 aromatic carbocycles. The van der Waals surface area contributed by atoms with E-state index in [1.165, 1.54) is 12.4 Å². The molecule has 0 bridgehead atoms. The molecule has 0 saturated carbocycles. The van der Waals surface area contributed by atoms with E-state index >= 15 is 0 Å². The molecule has 1 heterocycles. The van der Waals surface area contributed by atoms with Gasteiger partial charge in [-0.05, 0) is 23.8 Å². The van der Waals surface area contributed by atoms with E-state index in [0.717, 1.165) is 16.0 Å². The molecule has 0 saturated heterocycles. The first kappa shape index (κ1) is 13.6. The van der Waals surface area contributed by atoms with Crippen molar-refractivity contribution in [2.75, 3.05) is 7.11 Å². The van der Waals surface area contributed by atoms with Gasteiger partial charge in [0.05, 0.1) is 18.3 Å². The minimum Gasteiger partial charge on any atom is -0.497 e. The molecule has 0 atom stereocenters. The van der Waals surface area contributed by atoms with E-state index in [1.54, 1.807) is 13.2 Å². The minimum absolute atomic E-state index is 0.0491. The van der Waals surface area contributed by atoms with Gasteiger partial charge in [-0.25, -0.2) is 4.68 Å². The molecule has 98 valence electrons. The Morgan fingerprint density at radius 1 is 1.37 bits per heavy atom. The molecule has 2 rings (SSSR count). The third kappa shape index (κ3) is 3.16. The Kier molecular flexibility index (Phi) is 4.24. The maximum Gasteiger partial charge on any atom is 0.291 e. The number of ether oxygens (including phenoxy) is 1. The molecule has 0 radical (unpaired) electrons. The number of rotatable bonds is 3. The monoisotopic (exact) mass is 296 g/mol. The summed E-state index contributed by atoms with van der Waals surface area (Å²) in [7, 11) is 1.59. The average Bonchev–Trinajstić information content (AvgIpc) is 2.44. The van der Waals surface area contributed by atoms with E-state index in [2.05, 4.69) is 5.10 Å². The highest BCUT2D eigenvalue weighted by Gasteiger charge is 2.04. The van der Waals surface area contributed by atoms with Crippen LogP contribution in [-0.2, 0) is 0 Å². The first-order valence-corrected chi connectivity index (χ1v) is 6.12. The van der Waals surface area contributed by atoms with Gasteiger partial charge in [-0.3, -0.25) is 4.79 Å². The molecule has 1 aromatic heterocycles. The van der Waals surface area contributed by atoms with E-state index in [1.807, 2.05) is 24.3 Å². The Bertz CT molecular complexity index is 681. The smallest absolute Gasteiger partial charge is 0.291 e. The van der Waals surface area contributed by atoms with Crippen molar-refractivity contribution in [1.29, 1.82) is 0 Å². The number of aromatic nitrogens is 2. The van der Waals surface area contributed by atoms with Crippen LogP contribution in [0.5, 0.6) is 5.75 Å². The van der Waals surface area contributed by atoms with Gasteiger partial charge in [0.1, 0.15) is 10.8 Å². The number of benzene rings is 1. The molecule has 0 aliphatic rings. The summed E-state index contributed by atoms with van der Waals surface area (Å²) >= 11 is 11.4. The van der Waals surface area contributed by atoms with E-state index in [-0.39, 0.29) is 10.0 Å². The van der Waals surface area contributed by atoms with Crippen LogP contribution < -0.4 is 10.3 Å². The highest BCUT2D eigenvalue weighted by molar-refractivity contribution is 6.41. The molecule has 0 unspecified atom stereocenters. The van der Waals surface area contributed by atoms with Crippen LogP contribution >= 0.6 is 23.2 Å². The van der Waals surface area contributed by atoms with Crippen LogP contribution in [0.3, 0.4) is 0 Å². The van der Waals surface area contributed by atoms with Crippen LogP contribution in [0.2, 0.25) is 10.0 Å². The standard InChI is InChI=1S/C13H10Cl2N2O2/c1-19-10-4-2-3-9(7-10)5-6-17-13(18)12(15)11(14)8-16-17/h2-8H,1H3/b6-5+. The van der Waals surface area contributed by atoms with Gasteiger partial charge >= 0.3 is 0 Å². The molecule has 0 aliphatic heterocycles. The molecule has 19 heavy (non-hydrogen) atoms. The van der Waals surface area contributed by atoms with Gasteiger partial charge in [0.15, 0.2) is 0 Å². The zero-order valence-electron chi connectivity index (χ0n) is 10.0. The fourth-order valence-corrected chi connectivity index (χ4v) is 1.69. The summed E-state index contributed by atoms with van der Waals surface area (Å²) in [4.78, 5) is 11.7. The van der Waals surface area contributed by atoms with Crippen molar-refractivity contribution in [2.24, 2.45) is 0 Å². The lowest BCUT2D eigenvalue weighted by Gasteiger charge is -2.01. The Hall–Kier alpha value is -1.78. The third-order valence-corrected chi connectivity index (χ3v) is 3.15. The number of halogens is 2. The van der Waals surface area contributed by atoms with Crippen molar-refractivity contribution < 1.29 is 4.74 Å². The van der Waals surface area contributed by atoms with Crippen molar-refractivity contribution in [3.05, 3.63) is 56.4 Å². The lowest BCUT2D eigenvalue weighted by Crippen LogP contribution is -2.18. The van der Waals surface area contributed by atoms with Crippen LogP contribution in [0, 0.1) is 0 Å². The number of hydrogen-bond acceptors (Lipinski definition) is 3.